The van der Waals surface area contributed by atoms with Crippen molar-refractivity contribution < 1.29 is 14.3 Å². The summed E-state index contributed by atoms with van der Waals surface area (Å²) in [6.07, 6.45) is 1.63. The first-order valence-electron chi connectivity index (χ1n) is 7.29. The Kier molecular flexibility index (Phi) is 4.46. The van der Waals surface area contributed by atoms with Gasteiger partial charge in [-0.1, -0.05) is 29.8 Å². The molecule has 122 valence electrons. The average molecular weight is 325 g/mol. The molecular formula is C16H15N5O3. The summed E-state index contributed by atoms with van der Waals surface area (Å²) in [7, 11) is 0. The van der Waals surface area contributed by atoms with E-state index in [0.717, 1.165) is 15.9 Å². The lowest BCUT2D eigenvalue weighted by atomic mass is 10.1. The van der Waals surface area contributed by atoms with Crippen molar-refractivity contribution in [1.82, 2.24) is 25.2 Å². The molecule has 0 aliphatic carbocycles. The number of benzene rings is 1. The third-order valence-corrected chi connectivity index (χ3v) is 3.30. The molecule has 3 aromatic rings. The molecule has 0 spiro atoms. The number of nitrogens with zero attached hydrogens (tertiary/aromatic N) is 4. The number of tetrazole rings is 1. The Morgan fingerprint density at radius 3 is 2.71 bits per heavy atom. The zero-order valence-electron chi connectivity index (χ0n) is 13.0. The van der Waals surface area contributed by atoms with Gasteiger partial charge < -0.3 is 9.72 Å². The van der Waals surface area contributed by atoms with E-state index in [1.165, 1.54) is 0 Å². The number of nitrogens with one attached hydrogen (secondary N) is 1. The van der Waals surface area contributed by atoms with Crippen molar-refractivity contribution >= 4 is 11.8 Å². The second-order valence-electron chi connectivity index (χ2n) is 5.18. The summed E-state index contributed by atoms with van der Waals surface area (Å²) in [6.45, 7) is 1.44. The molecule has 8 heteroatoms. The Morgan fingerprint density at radius 1 is 1.21 bits per heavy atom. The van der Waals surface area contributed by atoms with Crippen molar-refractivity contribution in [3.63, 3.8) is 0 Å². The summed E-state index contributed by atoms with van der Waals surface area (Å²) in [5.41, 5.74) is 2.33. The van der Waals surface area contributed by atoms with Gasteiger partial charge in [0, 0.05) is 11.8 Å². The number of esters is 1. The summed E-state index contributed by atoms with van der Waals surface area (Å²) < 4.78 is 4.93. The Hall–Kier alpha value is -3.29. The van der Waals surface area contributed by atoms with Gasteiger partial charge in [-0.3, -0.25) is 4.79 Å². The molecule has 0 saturated carbocycles. The Morgan fingerprint density at radius 2 is 2.00 bits per heavy atom. The monoisotopic (exact) mass is 325 g/mol. The number of hydrogen-bond donors (Lipinski definition) is 1. The summed E-state index contributed by atoms with van der Waals surface area (Å²) in [5, 5.41) is 11.9. The fourth-order valence-corrected chi connectivity index (χ4v) is 2.02. The molecule has 0 fully saturated rings. The number of aromatic nitrogens is 5. The van der Waals surface area contributed by atoms with E-state index in [2.05, 4.69) is 20.4 Å². The highest BCUT2D eigenvalue weighted by Crippen LogP contribution is 2.13. The molecule has 0 aliphatic rings. The quantitative estimate of drug-likeness (QED) is 0.543. The van der Waals surface area contributed by atoms with E-state index < -0.39 is 5.97 Å². The van der Waals surface area contributed by atoms with Crippen LogP contribution < -0.4 is 0 Å². The van der Waals surface area contributed by atoms with Crippen LogP contribution in [0.15, 0.2) is 42.6 Å². The first kappa shape index (κ1) is 15.6. The molecule has 0 atom stereocenters. The Labute approximate surface area is 137 Å². The minimum atomic E-state index is -0.609. The smallest absolute Gasteiger partial charge is 0.330 e. The normalized spacial score (nSPS) is 10.5. The summed E-state index contributed by atoms with van der Waals surface area (Å²) in [6, 6.07) is 10.9. The van der Waals surface area contributed by atoms with Crippen LogP contribution in [-0.4, -0.2) is 43.6 Å². The summed E-state index contributed by atoms with van der Waals surface area (Å²) >= 11 is 0. The third-order valence-electron chi connectivity index (χ3n) is 3.30. The van der Waals surface area contributed by atoms with Crippen LogP contribution in [0.2, 0.25) is 0 Å². The van der Waals surface area contributed by atoms with Gasteiger partial charge in [0.1, 0.15) is 0 Å². The topological polar surface area (TPSA) is 103 Å². The van der Waals surface area contributed by atoms with Gasteiger partial charge >= 0.3 is 5.97 Å². The zero-order chi connectivity index (χ0) is 16.9. The van der Waals surface area contributed by atoms with Gasteiger partial charge in [0.25, 0.3) is 0 Å². The van der Waals surface area contributed by atoms with Gasteiger partial charge in [-0.05, 0) is 24.3 Å². The molecule has 2 aromatic heterocycles. The molecular weight excluding hydrogens is 310 g/mol. The molecule has 1 N–H and O–H groups in total. The highest BCUT2D eigenvalue weighted by atomic mass is 16.5. The van der Waals surface area contributed by atoms with Crippen molar-refractivity contribution in [2.24, 2.45) is 0 Å². The van der Waals surface area contributed by atoms with Gasteiger partial charge in [-0.15, -0.1) is 10.2 Å². The maximum absolute atomic E-state index is 11.8. The van der Waals surface area contributed by atoms with Crippen LogP contribution in [0.3, 0.4) is 0 Å². The molecule has 0 aliphatic heterocycles. The van der Waals surface area contributed by atoms with Crippen molar-refractivity contribution in [1.29, 1.82) is 0 Å². The maximum Gasteiger partial charge on any atom is 0.330 e. The SMILES string of the molecule is Cc1ccc(-c2nnn(CC(=O)OCC(=O)c3ccc[nH]3)n2)cc1. The Bertz CT molecular complexity index is 837. The van der Waals surface area contributed by atoms with Gasteiger partial charge in [0.15, 0.2) is 13.2 Å². The van der Waals surface area contributed by atoms with E-state index in [-0.39, 0.29) is 18.9 Å². The largest absolute Gasteiger partial charge is 0.456 e. The van der Waals surface area contributed by atoms with E-state index in [1.807, 2.05) is 31.2 Å². The zero-order valence-corrected chi connectivity index (χ0v) is 13.0. The number of carbonyl (C=O) groups is 2. The molecule has 8 nitrogen and oxygen atoms in total. The predicted molar refractivity (Wildman–Crippen MR) is 84.1 cm³/mol. The fourth-order valence-electron chi connectivity index (χ4n) is 2.02. The second kappa shape index (κ2) is 6.86. The minimum Gasteiger partial charge on any atom is -0.456 e. The van der Waals surface area contributed by atoms with E-state index in [1.54, 1.807) is 18.3 Å². The van der Waals surface area contributed by atoms with Crippen LogP contribution in [0, 0.1) is 6.92 Å². The Balaban J connectivity index is 1.55. The van der Waals surface area contributed by atoms with Crippen LogP contribution in [-0.2, 0) is 16.1 Å². The van der Waals surface area contributed by atoms with E-state index in [9.17, 15) is 9.59 Å². The lowest BCUT2D eigenvalue weighted by Crippen LogP contribution is -2.20. The number of ketones is 1. The van der Waals surface area contributed by atoms with Crippen LogP contribution in [0.4, 0.5) is 0 Å². The van der Waals surface area contributed by atoms with Crippen LogP contribution >= 0.6 is 0 Å². The van der Waals surface area contributed by atoms with Crippen molar-refractivity contribution in [2.75, 3.05) is 6.61 Å². The fraction of sp³-hybridized carbons (Fsp3) is 0.188. The number of carbonyl (C=O) groups excluding carboxylic acids is 2. The number of hydrogen-bond acceptors (Lipinski definition) is 6. The second-order valence-corrected chi connectivity index (χ2v) is 5.18. The van der Waals surface area contributed by atoms with Gasteiger partial charge in [-0.25, -0.2) is 4.79 Å². The molecule has 0 bridgehead atoms. The van der Waals surface area contributed by atoms with Crippen molar-refractivity contribution in [2.45, 2.75) is 13.5 Å². The molecule has 24 heavy (non-hydrogen) atoms. The average Bonchev–Trinajstić information content (AvgIpc) is 3.25. The van der Waals surface area contributed by atoms with Crippen LogP contribution in [0.25, 0.3) is 11.4 Å². The first-order valence-corrected chi connectivity index (χ1v) is 7.29. The molecule has 3 rings (SSSR count). The molecule has 1 aromatic carbocycles. The number of aryl methyl sites for hydroxylation is 1. The van der Waals surface area contributed by atoms with Crippen molar-refractivity contribution in [3.05, 3.63) is 53.9 Å². The van der Waals surface area contributed by atoms with E-state index >= 15 is 0 Å². The van der Waals surface area contributed by atoms with Gasteiger partial charge in [0.2, 0.25) is 11.6 Å². The predicted octanol–water partition coefficient (Wildman–Crippen LogP) is 1.40. The van der Waals surface area contributed by atoms with Crippen LogP contribution in [0.1, 0.15) is 16.1 Å². The lowest BCUT2D eigenvalue weighted by Gasteiger charge is -2.02. The standard InChI is InChI=1S/C16H15N5O3/c1-11-4-6-12(7-5-11)16-18-20-21(19-16)9-15(23)24-10-14(22)13-3-2-8-17-13/h2-8,17H,9-10H2,1H3. The third kappa shape index (κ3) is 3.72. The molecule has 0 unspecified atom stereocenters. The maximum atomic E-state index is 11.8. The molecule has 0 saturated heterocycles. The first-order chi connectivity index (χ1) is 11.6. The summed E-state index contributed by atoms with van der Waals surface area (Å²) in [4.78, 5) is 27.4. The molecule has 2 heterocycles. The highest BCUT2D eigenvalue weighted by molar-refractivity contribution is 5.96. The lowest BCUT2D eigenvalue weighted by molar-refractivity contribution is -0.143. The molecule has 0 radical (unpaired) electrons. The minimum absolute atomic E-state index is 0.211. The van der Waals surface area contributed by atoms with E-state index in [0.29, 0.717) is 11.5 Å². The highest BCUT2D eigenvalue weighted by Gasteiger charge is 2.13. The van der Waals surface area contributed by atoms with E-state index in [4.69, 9.17) is 4.74 Å². The van der Waals surface area contributed by atoms with Gasteiger partial charge in [0.05, 0.1) is 5.69 Å². The summed E-state index contributed by atoms with van der Waals surface area (Å²) in [5.74, 6) is -0.492. The van der Waals surface area contributed by atoms with Crippen molar-refractivity contribution in [3.8, 4) is 11.4 Å². The number of Topliss-reactive ketones (excluding diaryl/α,β-unsaturated/α-hetero) is 1. The van der Waals surface area contributed by atoms with Crippen LogP contribution in [0.5, 0.6) is 0 Å². The number of rotatable bonds is 6. The number of aromatic amines is 1. The number of ether oxygens (including phenoxy) is 1. The van der Waals surface area contributed by atoms with Gasteiger partial charge in [-0.2, -0.15) is 4.80 Å². The number of H-pyrrole nitrogens is 1. The molecule has 0 amide bonds.